The van der Waals surface area contributed by atoms with E-state index >= 15 is 0 Å². The van der Waals surface area contributed by atoms with Gasteiger partial charge < -0.3 is 19.4 Å². The van der Waals surface area contributed by atoms with Gasteiger partial charge in [-0.15, -0.1) is 0 Å². The van der Waals surface area contributed by atoms with Crippen molar-refractivity contribution in [1.29, 1.82) is 0 Å². The molecule has 4 aromatic rings. The van der Waals surface area contributed by atoms with Crippen molar-refractivity contribution in [3.8, 4) is 28.4 Å². The number of carbonyl (C=O) groups excluding carboxylic acids is 1. The molecule has 0 saturated heterocycles. The van der Waals surface area contributed by atoms with E-state index in [9.17, 15) is 4.79 Å². The van der Waals surface area contributed by atoms with Crippen LogP contribution in [0.25, 0.3) is 16.9 Å². The van der Waals surface area contributed by atoms with Crippen LogP contribution in [0.2, 0.25) is 5.02 Å². The Labute approximate surface area is 210 Å². The van der Waals surface area contributed by atoms with Gasteiger partial charge in [-0.25, -0.2) is 0 Å². The summed E-state index contributed by atoms with van der Waals surface area (Å²) in [5.41, 5.74) is 7.30. The smallest absolute Gasteiger partial charge is 0.220 e. The van der Waals surface area contributed by atoms with Gasteiger partial charge in [-0.1, -0.05) is 41.9 Å². The Morgan fingerprint density at radius 1 is 1.09 bits per heavy atom. The minimum Gasteiger partial charge on any atom is -0.495 e. The molecule has 0 aliphatic carbocycles. The van der Waals surface area contributed by atoms with Gasteiger partial charge >= 0.3 is 0 Å². The van der Waals surface area contributed by atoms with Gasteiger partial charge in [0.25, 0.3) is 0 Å². The molecule has 1 N–H and O–H groups in total. The fourth-order valence-corrected chi connectivity index (χ4v) is 4.79. The van der Waals surface area contributed by atoms with Crippen molar-refractivity contribution >= 4 is 17.5 Å². The maximum absolute atomic E-state index is 12.7. The van der Waals surface area contributed by atoms with Crippen LogP contribution in [0.3, 0.4) is 0 Å². The normalized spacial score (nSPS) is 11.9. The summed E-state index contributed by atoms with van der Waals surface area (Å²) in [6, 6.07) is 23.9. The van der Waals surface area contributed by atoms with Crippen LogP contribution in [-0.2, 0) is 24.4 Å². The van der Waals surface area contributed by atoms with Gasteiger partial charge in [0.05, 0.1) is 18.5 Å². The maximum atomic E-state index is 12.7. The highest BCUT2D eigenvalue weighted by atomic mass is 35.5. The number of benzene rings is 3. The summed E-state index contributed by atoms with van der Waals surface area (Å²) in [5.74, 6) is 1.64. The molecule has 5 rings (SSSR count). The first-order valence-electron chi connectivity index (χ1n) is 11.7. The molecule has 6 heteroatoms. The average molecular weight is 487 g/mol. The lowest BCUT2D eigenvalue weighted by Gasteiger charge is -2.22. The third-order valence-corrected chi connectivity index (χ3v) is 6.48. The number of aryl methyl sites for hydroxylation is 2. The van der Waals surface area contributed by atoms with Crippen LogP contribution >= 0.6 is 11.6 Å². The number of fused-ring (bicyclic) bond motifs is 3. The maximum Gasteiger partial charge on any atom is 0.220 e. The van der Waals surface area contributed by atoms with Gasteiger partial charge in [-0.2, -0.15) is 0 Å². The van der Waals surface area contributed by atoms with Crippen LogP contribution in [0, 0.1) is 6.92 Å². The minimum atomic E-state index is -0.0109. The molecule has 0 unspecified atom stereocenters. The van der Waals surface area contributed by atoms with Gasteiger partial charge in [-0.05, 0) is 66.9 Å². The summed E-state index contributed by atoms with van der Waals surface area (Å²) in [6.07, 6.45) is 0.938. The van der Waals surface area contributed by atoms with Crippen LogP contribution in [0.4, 0.5) is 0 Å². The number of aromatic nitrogens is 1. The highest BCUT2D eigenvalue weighted by molar-refractivity contribution is 6.30. The van der Waals surface area contributed by atoms with Gasteiger partial charge in [0.15, 0.2) is 0 Å². The molecule has 0 saturated carbocycles. The zero-order valence-corrected chi connectivity index (χ0v) is 20.6. The summed E-state index contributed by atoms with van der Waals surface area (Å²) in [6.45, 7) is 2.98. The van der Waals surface area contributed by atoms with E-state index in [0.717, 1.165) is 50.8 Å². The van der Waals surface area contributed by atoms with E-state index in [0.29, 0.717) is 31.0 Å². The van der Waals surface area contributed by atoms with Gasteiger partial charge in [0.1, 0.15) is 18.1 Å². The van der Waals surface area contributed by atoms with Crippen molar-refractivity contribution in [2.45, 2.75) is 32.9 Å². The lowest BCUT2D eigenvalue weighted by atomic mass is 10.0. The summed E-state index contributed by atoms with van der Waals surface area (Å²) in [4.78, 5) is 12.7. The number of ether oxygens (including phenoxy) is 2. The first kappa shape index (κ1) is 23.1. The predicted octanol–water partition coefficient (Wildman–Crippen LogP) is 6.26. The highest BCUT2D eigenvalue weighted by Crippen LogP contribution is 2.42. The van der Waals surface area contributed by atoms with Gasteiger partial charge in [0.2, 0.25) is 5.91 Å². The molecule has 0 fully saturated rings. The predicted molar refractivity (Wildman–Crippen MR) is 138 cm³/mol. The second-order valence-corrected chi connectivity index (χ2v) is 9.15. The monoisotopic (exact) mass is 486 g/mol. The van der Waals surface area contributed by atoms with Crippen LogP contribution in [0.1, 0.15) is 28.8 Å². The Morgan fingerprint density at radius 2 is 1.94 bits per heavy atom. The molecule has 1 aliphatic heterocycles. The van der Waals surface area contributed by atoms with Crippen molar-refractivity contribution in [3.63, 3.8) is 0 Å². The zero-order valence-electron chi connectivity index (χ0n) is 19.8. The standard InChI is InChI=1S/C29H27ClN2O3/c1-19-10-12-25(27(14-19)34-2)32-23(11-13-28(33)31-17-20-6-5-7-22(30)15-20)16-21-18-35-26-9-4-3-8-24(26)29(21)32/h3-10,12,14-16H,11,13,17-18H2,1-2H3,(H,31,33). The quantitative estimate of drug-likeness (QED) is 0.335. The van der Waals surface area contributed by atoms with Crippen LogP contribution in [0.15, 0.2) is 72.8 Å². The van der Waals surface area contributed by atoms with Crippen molar-refractivity contribution in [3.05, 3.63) is 100 Å². The molecule has 0 bridgehead atoms. The topological polar surface area (TPSA) is 52.5 Å². The van der Waals surface area contributed by atoms with Crippen molar-refractivity contribution in [1.82, 2.24) is 9.88 Å². The van der Waals surface area contributed by atoms with E-state index in [1.807, 2.05) is 55.5 Å². The van der Waals surface area contributed by atoms with E-state index in [2.05, 4.69) is 34.1 Å². The van der Waals surface area contributed by atoms with Gasteiger partial charge in [-0.3, -0.25) is 4.79 Å². The summed E-state index contributed by atoms with van der Waals surface area (Å²) < 4.78 is 14.0. The number of nitrogens with one attached hydrogen (secondary N) is 1. The molecule has 1 aromatic heterocycles. The number of halogens is 1. The zero-order chi connectivity index (χ0) is 24.4. The van der Waals surface area contributed by atoms with E-state index in [1.165, 1.54) is 0 Å². The Morgan fingerprint density at radius 3 is 2.77 bits per heavy atom. The van der Waals surface area contributed by atoms with Crippen LogP contribution in [0.5, 0.6) is 11.5 Å². The van der Waals surface area contributed by atoms with Crippen LogP contribution in [-0.4, -0.2) is 17.6 Å². The minimum absolute atomic E-state index is 0.0109. The first-order chi connectivity index (χ1) is 17.0. The van der Waals surface area contributed by atoms with E-state index in [-0.39, 0.29) is 5.91 Å². The number of rotatable bonds is 7. The Kier molecular flexibility index (Phi) is 6.51. The molecule has 178 valence electrons. The molecule has 35 heavy (non-hydrogen) atoms. The third kappa shape index (κ3) is 4.77. The lowest BCUT2D eigenvalue weighted by Crippen LogP contribution is -2.23. The first-order valence-corrected chi connectivity index (χ1v) is 12.0. The SMILES string of the molecule is COc1cc(C)ccc1-n1c(CCC(=O)NCc2cccc(Cl)c2)cc2c1-c1ccccc1OC2. The van der Waals surface area contributed by atoms with Crippen LogP contribution < -0.4 is 14.8 Å². The summed E-state index contributed by atoms with van der Waals surface area (Å²) in [7, 11) is 1.69. The molecule has 1 aliphatic rings. The van der Waals surface area contributed by atoms with E-state index in [4.69, 9.17) is 21.1 Å². The number of amides is 1. The second kappa shape index (κ2) is 9.88. The van der Waals surface area contributed by atoms with Crippen molar-refractivity contribution in [2.75, 3.05) is 7.11 Å². The summed E-state index contributed by atoms with van der Waals surface area (Å²) in [5, 5.41) is 3.67. The molecule has 0 radical (unpaired) electrons. The van der Waals surface area contributed by atoms with Gasteiger partial charge in [0, 0.05) is 34.8 Å². The molecule has 0 atom stereocenters. The third-order valence-electron chi connectivity index (χ3n) is 6.24. The largest absolute Gasteiger partial charge is 0.495 e. The number of para-hydroxylation sites is 1. The number of hydrogen-bond donors (Lipinski definition) is 1. The van der Waals surface area contributed by atoms with Crippen molar-refractivity contribution in [2.24, 2.45) is 0 Å². The molecule has 3 aromatic carbocycles. The fraction of sp³-hybridized carbons (Fsp3) is 0.207. The number of hydrogen-bond acceptors (Lipinski definition) is 3. The molecule has 1 amide bonds. The Bertz CT molecular complexity index is 1390. The fourth-order valence-electron chi connectivity index (χ4n) is 4.57. The van der Waals surface area contributed by atoms with E-state index in [1.54, 1.807) is 7.11 Å². The Hall–Kier alpha value is -3.70. The molecule has 0 spiro atoms. The molecule has 5 nitrogen and oxygen atoms in total. The lowest BCUT2D eigenvalue weighted by molar-refractivity contribution is -0.121. The second-order valence-electron chi connectivity index (χ2n) is 8.71. The number of carbonyl (C=O) groups is 1. The number of nitrogens with zero attached hydrogens (tertiary/aromatic N) is 1. The molecule has 2 heterocycles. The summed E-state index contributed by atoms with van der Waals surface area (Å²) >= 11 is 6.06. The van der Waals surface area contributed by atoms with E-state index < -0.39 is 0 Å². The number of methoxy groups -OCH3 is 1. The molecular formula is C29H27ClN2O3. The highest BCUT2D eigenvalue weighted by Gasteiger charge is 2.26. The Balaban J connectivity index is 1.46. The molecular weight excluding hydrogens is 460 g/mol. The average Bonchev–Trinajstić information content (AvgIpc) is 3.25. The van der Waals surface area contributed by atoms with Crippen molar-refractivity contribution < 1.29 is 14.3 Å².